The van der Waals surface area contributed by atoms with Crippen LogP contribution >= 0.6 is 11.8 Å². The van der Waals surface area contributed by atoms with Crippen molar-refractivity contribution in [3.05, 3.63) is 130 Å². The van der Waals surface area contributed by atoms with E-state index < -0.39 is 12.3 Å². The first kappa shape index (κ1) is 28.8. The van der Waals surface area contributed by atoms with E-state index in [4.69, 9.17) is 9.47 Å². The molecule has 4 aromatic carbocycles. The molecule has 2 aliphatic rings. The summed E-state index contributed by atoms with van der Waals surface area (Å²) < 4.78 is 13.1. The van der Waals surface area contributed by atoms with Crippen molar-refractivity contribution in [3.8, 4) is 0 Å². The Balaban J connectivity index is 1.28. The average molecular weight is 596 g/mol. The Morgan fingerprint density at radius 1 is 0.837 bits per heavy atom. The largest absolute Gasteiger partial charge is 0.478 e. The predicted octanol–water partition coefficient (Wildman–Crippen LogP) is 6.26. The zero-order valence-electron chi connectivity index (χ0n) is 23.3. The van der Waals surface area contributed by atoms with Crippen molar-refractivity contribution in [2.24, 2.45) is 5.92 Å². The molecule has 9 heteroatoms. The quantitative estimate of drug-likeness (QED) is 0.181. The van der Waals surface area contributed by atoms with Gasteiger partial charge in [-0.05, 0) is 59.7 Å². The summed E-state index contributed by atoms with van der Waals surface area (Å²) in [5.74, 6) is -1.19. The average Bonchev–Trinajstić information content (AvgIpc) is 3.30. The Bertz CT molecular complexity index is 1640. The molecule has 6 rings (SSSR count). The first-order valence-electron chi connectivity index (χ1n) is 13.9. The molecule has 4 aromatic rings. The minimum absolute atomic E-state index is 0.0542. The minimum atomic E-state index is -0.973. The number of carbonyl (C=O) groups is 3. The molecule has 218 valence electrons. The van der Waals surface area contributed by atoms with Crippen molar-refractivity contribution in [1.82, 2.24) is 0 Å². The topological polar surface area (TPSA) is 113 Å². The highest BCUT2D eigenvalue weighted by molar-refractivity contribution is 7.99. The number of aliphatic hydroxyl groups excluding tert-OH is 1. The highest BCUT2D eigenvalue weighted by Gasteiger charge is 2.40. The molecule has 8 nitrogen and oxygen atoms in total. The maximum Gasteiger partial charge on any atom is 0.335 e. The van der Waals surface area contributed by atoms with Gasteiger partial charge in [-0.2, -0.15) is 0 Å². The van der Waals surface area contributed by atoms with E-state index in [1.807, 2.05) is 30.3 Å². The second-order valence-corrected chi connectivity index (χ2v) is 11.6. The van der Waals surface area contributed by atoms with Gasteiger partial charge in [0.15, 0.2) is 6.29 Å². The number of benzene rings is 4. The minimum Gasteiger partial charge on any atom is -0.478 e. The van der Waals surface area contributed by atoms with Crippen LogP contribution in [0.25, 0.3) is 0 Å². The molecule has 2 amide bonds. The number of aromatic carboxylic acids is 1. The standard InChI is InChI=1S/C34H29NO7S/c1-20-29(19-43-26-15-13-23(14-16-26)33(39)40)41-34(42-30(20)22-11-9-21(18-36)10-12-22)24-5-4-6-25(17-24)35-31(37)27-7-2-3-8-28(27)32(35)38/h2-17,20,29-30,34,36H,18-19H2,1H3,(H,39,40). The van der Waals surface area contributed by atoms with Crippen LogP contribution in [0.15, 0.2) is 102 Å². The maximum atomic E-state index is 13.1. The summed E-state index contributed by atoms with van der Waals surface area (Å²) in [4.78, 5) is 39.6. The highest BCUT2D eigenvalue weighted by atomic mass is 32.2. The van der Waals surface area contributed by atoms with Gasteiger partial charge >= 0.3 is 5.97 Å². The third-order valence-corrected chi connectivity index (χ3v) is 8.93. The van der Waals surface area contributed by atoms with Crippen LogP contribution in [0.1, 0.15) is 67.1 Å². The number of imide groups is 1. The summed E-state index contributed by atoms with van der Waals surface area (Å²) in [6.07, 6.45) is -1.38. The molecule has 4 atom stereocenters. The van der Waals surface area contributed by atoms with Crippen molar-refractivity contribution >= 4 is 35.2 Å². The first-order chi connectivity index (χ1) is 20.8. The third kappa shape index (κ3) is 5.72. The number of hydrogen-bond donors (Lipinski definition) is 2. The summed E-state index contributed by atoms with van der Waals surface area (Å²) in [5.41, 5.74) is 3.81. The normalized spacial score (nSPS) is 21.6. The van der Waals surface area contributed by atoms with Gasteiger partial charge in [0.2, 0.25) is 0 Å². The van der Waals surface area contributed by atoms with Gasteiger partial charge in [0, 0.05) is 22.1 Å². The Morgan fingerprint density at radius 2 is 1.51 bits per heavy atom. The number of ether oxygens (including phenoxy) is 2. The molecular weight excluding hydrogens is 566 g/mol. The number of amides is 2. The van der Waals surface area contributed by atoms with Crippen LogP contribution < -0.4 is 4.90 Å². The smallest absolute Gasteiger partial charge is 0.335 e. The Hall–Kier alpha value is -4.28. The predicted molar refractivity (Wildman–Crippen MR) is 161 cm³/mol. The maximum absolute atomic E-state index is 13.1. The molecule has 2 aliphatic heterocycles. The summed E-state index contributed by atoms with van der Waals surface area (Å²) in [7, 11) is 0. The molecule has 2 heterocycles. The van der Waals surface area contributed by atoms with E-state index in [1.165, 1.54) is 4.90 Å². The number of fused-ring (bicyclic) bond motifs is 1. The van der Waals surface area contributed by atoms with Gasteiger partial charge in [-0.1, -0.05) is 55.5 Å². The van der Waals surface area contributed by atoms with Crippen molar-refractivity contribution in [2.45, 2.75) is 36.9 Å². The number of aliphatic hydroxyl groups is 1. The Labute approximate surface area is 252 Å². The molecule has 43 heavy (non-hydrogen) atoms. The third-order valence-electron chi connectivity index (χ3n) is 7.83. The summed E-state index contributed by atoms with van der Waals surface area (Å²) in [6.45, 7) is 2.01. The number of carboxylic acid groups (broad SMARTS) is 1. The van der Waals surface area contributed by atoms with Crippen molar-refractivity contribution in [1.29, 1.82) is 0 Å². The second-order valence-electron chi connectivity index (χ2n) is 10.5. The monoisotopic (exact) mass is 595 g/mol. The number of carbonyl (C=O) groups excluding carboxylic acids is 2. The number of thioether (sulfide) groups is 1. The Morgan fingerprint density at radius 3 is 2.14 bits per heavy atom. The molecule has 1 saturated heterocycles. The number of anilines is 1. The lowest BCUT2D eigenvalue weighted by Crippen LogP contribution is -2.38. The van der Waals surface area contributed by atoms with Crippen LogP contribution in [0.5, 0.6) is 0 Å². The van der Waals surface area contributed by atoms with Crippen molar-refractivity contribution in [3.63, 3.8) is 0 Å². The van der Waals surface area contributed by atoms with E-state index in [9.17, 15) is 24.6 Å². The van der Waals surface area contributed by atoms with Gasteiger partial charge in [0.25, 0.3) is 11.8 Å². The van der Waals surface area contributed by atoms with Crippen molar-refractivity contribution < 1.29 is 34.1 Å². The van der Waals surface area contributed by atoms with E-state index in [2.05, 4.69) is 6.92 Å². The molecule has 0 spiro atoms. The SMILES string of the molecule is CC1C(CSc2ccc(C(=O)O)cc2)OC(c2cccc(N3C(=O)c4ccccc4C3=O)c2)OC1c1ccc(CO)cc1. The van der Waals surface area contributed by atoms with Gasteiger partial charge in [-0.15, -0.1) is 11.8 Å². The summed E-state index contributed by atoms with van der Waals surface area (Å²) in [6, 6.07) is 28.2. The van der Waals surface area contributed by atoms with Gasteiger partial charge in [-0.3, -0.25) is 9.59 Å². The van der Waals surface area contributed by atoms with Crippen LogP contribution in [0, 0.1) is 5.92 Å². The van der Waals surface area contributed by atoms with Crippen LogP contribution in [0.3, 0.4) is 0 Å². The lowest BCUT2D eigenvalue weighted by Gasteiger charge is -2.41. The van der Waals surface area contributed by atoms with Crippen LogP contribution in [-0.4, -0.2) is 39.9 Å². The zero-order chi connectivity index (χ0) is 30.1. The molecule has 1 fully saturated rings. The summed E-state index contributed by atoms with van der Waals surface area (Å²) >= 11 is 1.56. The van der Waals surface area contributed by atoms with E-state index in [0.717, 1.165) is 16.0 Å². The van der Waals surface area contributed by atoms with E-state index in [0.29, 0.717) is 28.1 Å². The fourth-order valence-corrected chi connectivity index (χ4v) is 6.48. The molecule has 0 saturated carbocycles. The van der Waals surface area contributed by atoms with Gasteiger partial charge in [0.05, 0.1) is 41.2 Å². The van der Waals surface area contributed by atoms with E-state index >= 15 is 0 Å². The van der Waals surface area contributed by atoms with Crippen LogP contribution in [0.2, 0.25) is 0 Å². The van der Waals surface area contributed by atoms with E-state index in [-0.39, 0.29) is 42.1 Å². The lowest BCUT2D eigenvalue weighted by molar-refractivity contribution is -0.268. The fourth-order valence-electron chi connectivity index (χ4n) is 5.42. The fraction of sp³-hybridized carbons (Fsp3) is 0.206. The molecule has 0 radical (unpaired) electrons. The lowest BCUT2D eigenvalue weighted by atomic mass is 9.91. The van der Waals surface area contributed by atoms with Crippen LogP contribution in [-0.2, 0) is 16.1 Å². The zero-order valence-corrected chi connectivity index (χ0v) is 24.1. The summed E-state index contributed by atoms with van der Waals surface area (Å²) in [5, 5.41) is 18.7. The van der Waals surface area contributed by atoms with Gasteiger partial charge in [0.1, 0.15) is 0 Å². The molecule has 0 aromatic heterocycles. The van der Waals surface area contributed by atoms with Gasteiger partial charge in [-0.25, -0.2) is 9.69 Å². The molecule has 0 bridgehead atoms. The van der Waals surface area contributed by atoms with Crippen LogP contribution in [0.4, 0.5) is 5.69 Å². The molecule has 4 unspecified atom stereocenters. The number of carboxylic acids is 1. The Kier molecular flexibility index (Phi) is 8.14. The highest BCUT2D eigenvalue weighted by Crippen LogP contribution is 2.43. The molecule has 0 aliphatic carbocycles. The van der Waals surface area contributed by atoms with Gasteiger partial charge < -0.3 is 19.7 Å². The number of rotatable bonds is 8. The van der Waals surface area contributed by atoms with Crippen molar-refractivity contribution in [2.75, 3.05) is 10.7 Å². The molecular formula is C34H29NO7S. The first-order valence-corrected chi connectivity index (χ1v) is 14.9. The number of hydrogen-bond acceptors (Lipinski definition) is 7. The number of nitrogens with zero attached hydrogens (tertiary/aromatic N) is 1. The molecule has 2 N–H and O–H groups in total. The second kappa shape index (κ2) is 12.1. The van der Waals surface area contributed by atoms with E-state index in [1.54, 1.807) is 78.5 Å².